The third-order valence-corrected chi connectivity index (χ3v) is 2.07. The van der Waals surface area contributed by atoms with Crippen LogP contribution in [-0.4, -0.2) is 96.2 Å². The van der Waals surface area contributed by atoms with Crippen molar-refractivity contribution in [1.82, 2.24) is 0 Å². The molecule has 0 rings (SSSR count). The van der Waals surface area contributed by atoms with E-state index < -0.39 is 55.5 Å². The SMILES string of the molecule is O=C(O)CC(O)C(=O)O.O=CC(O)C(O)C(O)C(O)CO. The number of carboxylic acid groups (broad SMARTS) is 2. The van der Waals surface area contributed by atoms with Gasteiger partial charge in [-0.05, 0) is 0 Å². The summed E-state index contributed by atoms with van der Waals surface area (Å²) in [5.41, 5.74) is 0. The van der Waals surface area contributed by atoms with Crippen LogP contribution in [-0.2, 0) is 14.4 Å². The molecule has 5 unspecified atom stereocenters. The predicted molar refractivity (Wildman–Crippen MR) is 63.1 cm³/mol. The van der Waals surface area contributed by atoms with E-state index in [2.05, 4.69) is 0 Å². The number of aliphatic hydroxyl groups excluding tert-OH is 6. The summed E-state index contributed by atoms with van der Waals surface area (Å²) in [5, 5.41) is 67.7. The van der Waals surface area contributed by atoms with Crippen LogP contribution in [0.2, 0.25) is 0 Å². The first kappa shape index (κ1) is 21.7. The lowest BCUT2D eigenvalue weighted by atomic mass is 10.0. The van der Waals surface area contributed by atoms with Crippen LogP contribution < -0.4 is 0 Å². The van der Waals surface area contributed by atoms with E-state index in [0.717, 1.165) is 0 Å². The standard InChI is InChI=1S/C6H12O6.C4H6O5/c7-1-3(9)5(11)6(12)4(10)2-8;5-2(4(8)9)1-3(6)7/h1,3-6,8-12H,2H2;2,5H,1H2,(H,6,7)(H,8,9). The summed E-state index contributed by atoms with van der Waals surface area (Å²) in [6, 6.07) is 0. The monoisotopic (exact) mass is 314 g/mol. The van der Waals surface area contributed by atoms with Crippen LogP contribution in [0.15, 0.2) is 0 Å². The summed E-state index contributed by atoms with van der Waals surface area (Å²) >= 11 is 0. The number of hydrogen-bond acceptors (Lipinski definition) is 9. The first-order valence-electron chi connectivity index (χ1n) is 5.49. The minimum absolute atomic E-state index is 0.0258. The van der Waals surface area contributed by atoms with Crippen molar-refractivity contribution < 1.29 is 55.2 Å². The number of aliphatic carboxylic acids is 2. The molecule has 124 valence electrons. The fourth-order valence-electron chi connectivity index (χ4n) is 0.871. The number of carbonyl (C=O) groups excluding carboxylic acids is 1. The van der Waals surface area contributed by atoms with Crippen molar-refractivity contribution in [2.24, 2.45) is 0 Å². The van der Waals surface area contributed by atoms with Gasteiger partial charge in [-0.3, -0.25) is 4.79 Å². The summed E-state index contributed by atoms with van der Waals surface area (Å²) in [6.07, 6.45) is -9.38. The Morgan fingerprint density at radius 1 is 0.952 bits per heavy atom. The molecule has 0 aromatic heterocycles. The quantitative estimate of drug-likeness (QED) is 0.200. The molecule has 5 atom stereocenters. The molecule has 21 heavy (non-hydrogen) atoms. The van der Waals surface area contributed by atoms with Crippen LogP contribution in [0.4, 0.5) is 0 Å². The first-order chi connectivity index (χ1) is 9.58. The molecule has 0 aromatic carbocycles. The van der Waals surface area contributed by atoms with Gasteiger partial charge in [0.05, 0.1) is 13.0 Å². The van der Waals surface area contributed by atoms with Crippen molar-refractivity contribution in [3.8, 4) is 0 Å². The van der Waals surface area contributed by atoms with E-state index >= 15 is 0 Å². The fourth-order valence-corrected chi connectivity index (χ4v) is 0.871. The number of hydrogen-bond donors (Lipinski definition) is 8. The second kappa shape index (κ2) is 11.1. The molecular formula is C10H18O11. The highest BCUT2D eigenvalue weighted by molar-refractivity contribution is 5.79. The lowest BCUT2D eigenvalue weighted by Gasteiger charge is -2.22. The third kappa shape index (κ3) is 9.84. The Kier molecular flexibility index (Phi) is 11.4. The van der Waals surface area contributed by atoms with Gasteiger partial charge in [-0.25, -0.2) is 4.79 Å². The Balaban J connectivity index is 0. The summed E-state index contributed by atoms with van der Waals surface area (Å²) in [7, 11) is 0. The minimum Gasteiger partial charge on any atom is -0.481 e. The molecule has 0 aliphatic rings. The van der Waals surface area contributed by atoms with Gasteiger partial charge in [0.15, 0.2) is 12.4 Å². The van der Waals surface area contributed by atoms with E-state index in [-0.39, 0.29) is 6.29 Å². The van der Waals surface area contributed by atoms with Gasteiger partial charge in [-0.2, -0.15) is 0 Å². The van der Waals surface area contributed by atoms with Crippen molar-refractivity contribution in [2.75, 3.05) is 6.61 Å². The van der Waals surface area contributed by atoms with Gasteiger partial charge in [0.25, 0.3) is 0 Å². The number of carbonyl (C=O) groups is 3. The molecule has 0 saturated heterocycles. The lowest BCUT2D eigenvalue weighted by Crippen LogP contribution is -2.46. The third-order valence-electron chi connectivity index (χ3n) is 2.07. The number of aldehydes is 1. The lowest BCUT2D eigenvalue weighted by molar-refractivity contribution is -0.152. The maximum atomic E-state index is 9.90. The average molecular weight is 314 g/mol. The molecule has 0 amide bonds. The molecule has 11 heteroatoms. The van der Waals surface area contributed by atoms with Crippen molar-refractivity contribution >= 4 is 18.2 Å². The second-order valence-electron chi connectivity index (χ2n) is 3.81. The molecule has 0 aromatic rings. The van der Waals surface area contributed by atoms with Gasteiger partial charge in [0, 0.05) is 0 Å². The summed E-state index contributed by atoms with van der Waals surface area (Å²) in [5.74, 6) is -2.85. The van der Waals surface area contributed by atoms with Gasteiger partial charge in [0.1, 0.15) is 24.4 Å². The Morgan fingerprint density at radius 3 is 1.67 bits per heavy atom. The van der Waals surface area contributed by atoms with Crippen LogP contribution in [0.1, 0.15) is 6.42 Å². The van der Waals surface area contributed by atoms with E-state index in [4.69, 9.17) is 40.9 Å². The molecule has 0 fully saturated rings. The zero-order valence-electron chi connectivity index (χ0n) is 10.7. The van der Waals surface area contributed by atoms with Crippen molar-refractivity contribution in [2.45, 2.75) is 36.9 Å². The van der Waals surface area contributed by atoms with Gasteiger partial charge >= 0.3 is 11.9 Å². The molecule has 8 N–H and O–H groups in total. The largest absolute Gasteiger partial charge is 0.481 e. The zero-order chi connectivity index (χ0) is 17.2. The number of carboxylic acids is 2. The molecule has 0 aliphatic carbocycles. The van der Waals surface area contributed by atoms with E-state index in [1.807, 2.05) is 0 Å². The van der Waals surface area contributed by atoms with E-state index in [1.165, 1.54) is 0 Å². The molecule has 0 spiro atoms. The maximum Gasteiger partial charge on any atom is 0.333 e. The summed E-state index contributed by atoms with van der Waals surface area (Å²) in [6.45, 7) is -0.760. The Morgan fingerprint density at radius 2 is 1.43 bits per heavy atom. The van der Waals surface area contributed by atoms with Gasteiger partial charge in [-0.1, -0.05) is 0 Å². The van der Waals surface area contributed by atoms with E-state index in [0.29, 0.717) is 0 Å². The topological polar surface area (TPSA) is 213 Å². The van der Waals surface area contributed by atoms with Crippen LogP contribution in [0.5, 0.6) is 0 Å². The molecule has 11 nitrogen and oxygen atoms in total. The van der Waals surface area contributed by atoms with Crippen LogP contribution in [0, 0.1) is 0 Å². The number of rotatable bonds is 8. The predicted octanol–water partition coefficient (Wildman–Crippen LogP) is -4.47. The van der Waals surface area contributed by atoms with Crippen LogP contribution in [0.25, 0.3) is 0 Å². The second-order valence-corrected chi connectivity index (χ2v) is 3.81. The first-order valence-corrected chi connectivity index (χ1v) is 5.49. The molecular weight excluding hydrogens is 296 g/mol. The van der Waals surface area contributed by atoms with Crippen LogP contribution in [0.3, 0.4) is 0 Å². The molecule has 0 heterocycles. The van der Waals surface area contributed by atoms with Crippen molar-refractivity contribution in [3.05, 3.63) is 0 Å². The Hall–Kier alpha value is -1.63. The average Bonchev–Trinajstić information content (AvgIpc) is 2.43. The van der Waals surface area contributed by atoms with Gasteiger partial charge < -0.3 is 45.6 Å². The molecule has 0 radical (unpaired) electrons. The smallest absolute Gasteiger partial charge is 0.333 e. The van der Waals surface area contributed by atoms with Crippen LogP contribution >= 0.6 is 0 Å². The summed E-state index contributed by atoms with van der Waals surface area (Å²) < 4.78 is 0. The molecule has 0 aliphatic heterocycles. The minimum atomic E-state index is -1.79. The van der Waals surface area contributed by atoms with E-state index in [9.17, 15) is 14.4 Å². The number of aliphatic hydroxyl groups is 6. The van der Waals surface area contributed by atoms with Gasteiger partial charge in [0.2, 0.25) is 0 Å². The Bertz CT molecular complexity index is 331. The van der Waals surface area contributed by atoms with E-state index in [1.54, 1.807) is 0 Å². The fraction of sp³-hybridized carbons (Fsp3) is 0.700. The van der Waals surface area contributed by atoms with Crippen molar-refractivity contribution in [3.63, 3.8) is 0 Å². The maximum absolute atomic E-state index is 9.90. The highest BCUT2D eigenvalue weighted by atomic mass is 16.4. The van der Waals surface area contributed by atoms with Gasteiger partial charge in [-0.15, -0.1) is 0 Å². The molecule has 0 bridgehead atoms. The highest BCUT2D eigenvalue weighted by Gasteiger charge is 2.29. The zero-order valence-corrected chi connectivity index (χ0v) is 10.7. The van der Waals surface area contributed by atoms with Crippen molar-refractivity contribution in [1.29, 1.82) is 0 Å². The highest BCUT2D eigenvalue weighted by Crippen LogP contribution is 2.02. The Labute approximate surface area is 118 Å². The molecule has 0 saturated carbocycles. The summed E-state index contributed by atoms with van der Waals surface area (Å²) in [4.78, 5) is 29.3. The normalized spacial score (nSPS) is 17.4.